The second-order valence-corrected chi connectivity index (χ2v) is 7.39. The topological polar surface area (TPSA) is 73.2 Å². The number of carbonyl (C=O) groups excluding carboxylic acids is 2. The number of ether oxygens (including phenoxy) is 1. The van der Waals surface area contributed by atoms with E-state index in [1.54, 1.807) is 25.2 Å². The van der Waals surface area contributed by atoms with Crippen LogP contribution in [0.4, 0.5) is 5.13 Å². The van der Waals surface area contributed by atoms with E-state index < -0.39 is 5.97 Å². The highest BCUT2D eigenvalue weighted by Crippen LogP contribution is 2.27. The maximum Gasteiger partial charge on any atom is 0.350 e. The van der Waals surface area contributed by atoms with Crippen molar-refractivity contribution in [3.8, 4) is 0 Å². The number of aromatic nitrogens is 2. The van der Waals surface area contributed by atoms with Gasteiger partial charge in [0.2, 0.25) is 5.91 Å². The van der Waals surface area contributed by atoms with E-state index in [0.717, 1.165) is 16.9 Å². The summed E-state index contributed by atoms with van der Waals surface area (Å²) in [6, 6.07) is 5.82. The Morgan fingerprint density at radius 1 is 1.35 bits per heavy atom. The molecule has 0 aliphatic rings. The lowest BCUT2D eigenvalue weighted by atomic mass is 10.1. The SMILES string of the molecule is CCOC(=O)c1sc(NC(=O)CC(c2ccsc2)n2cccc2)nc1C. The molecule has 1 unspecified atom stereocenters. The molecule has 0 aliphatic heterocycles. The zero-order valence-corrected chi connectivity index (χ0v) is 16.1. The Balaban J connectivity index is 1.71. The highest BCUT2D eigenvalue weighted by atomic mass is 32.1. The summed E-state index contributed by atoms with van der Waals surface area (Å²) in [5.41, 5.74) is 1.65. The van der Waals surface area contributed by atoms with Crippen molar-refractivity contribution in [2.45, 2.75) is 26.3 Å². The number of aryl methyl sites for hydroxylation is 1. The molecule has 1 N–H and O–H groups in total. The maximum absolute atomic E-state index is 12.6. The van der Waals surface area contributed by atoms with Crippen molar-refractivity contribution < 1.29 is 14.3 Å². The lowest BCUT2D eigenvalue weighted by molar-refractivity contribution is -0.116. The molecule has 136 valence electrons. The van der Waals surface area contributed by atoms with Gasteiger partial charge in [-0.25, -0.2) is 9.78 Å². The number of nitrogens with one attached hydrogen (secondary N) is 1. The molecule has 26 heavy (non-hydrogen) atoms. The lowest BCUT2D eigenvalue weighted by Crippen LogP contribution is -2.19. The Morgan fingerprint density at radius 2 is 2.12 bits per heavy atom. The molecule has 3 aromatic heterocycles. The highest BCUT2D eigenvalue weighted by molar-refractivity contribution is 7.17. The summed E-state index contributed by atoms with van der Waals surface area (Å²) >= 11 is 2.74. The van der Waals surface area contributed by atoms with Gasteiger partial charge in [-0.05, 0) is 48.4 Å². The van der Waals surface area contributed by atoms with Crippen LogP contribution < -0.4 is 5.32 Å². The van der Waals surface area contributed by atoms with Crippen LogP contribution >= 0.6 is 22.7 Å². The fourth-order valence-electron chi connectivity index (χ4n) is 2.60. The number of esters is 1. The largest absolute Gasteiger partial charge is 0.462 e. The lowest BCUT2D eigenvalue weighted by Gasteiger charge is -2.17. The fraction of sp³-hybridized carbons (Fsp3) is 0.278. The van der Waals surface area contributed by atoms with Crippen LogP contribution in [-0.2, 0) is 9.53 Å². The van der Waals surface area contributed by atoms with Gasteiger partial charge in [-0.3, -0.25) is 4.79 Å². The number of anilines is 1. The van der Waals surface area contributed by atoms with Gasteiger partial charge in [0, 0.05) is 12.4 Å². The first-order valence-corrected chi connectivity index (χ1v) is 9.93. The molecular weight excluding hydrogens is 370 g/mol. The minimum absolute atomic E-state index is 0.0816. The van der Waals surface area contributed by atoms with E-state index in [2.05, 4.69) is 10.3 Å². The van der Waals surface area contributed by atoms with Crippen molar-refractivity contribution in [3.05, 3.63) is 57.5 Å². The Morgan fingerprint density at radius 3 is 2.77 bits per heavy atom. The minimum Gasteiger partial charge on any atom is -0.462 e. The molecule has 0 aliphatic carbocycles. The molecule has 0 fully saturated rings. The number of thiophene rings is 1. The van der Waals surface area contributed by atoms with Gasteiger partial charge in [-0.1, -0.05) is 11.3 Å². The summed E-state index contributed by atoms with van der Waals surface area (Å²) in [6.45, 7) is 3.78. The molecule has 3 rings (SSSR count). The summed E-state index contributed by atoms with van der Waals surface area (Å²) in [7, 11) is 0. The Kier molecular flexibility index (Phi) is 5.85. The average Bonchev–Trinajstić information content (AvgIpc) is 3.35. The molecule has 0 radical (unpaired) electrons. The van der Waals surface area contributed by atoms with E-state index in [4.69, 9.17) is 4.74 Å². The van der Waals surface area contributed by atoms with Crippen LogP contribution in [0.3, 0.4) is 0 Å². The summed E-state index contributed by atoms with van der Waals surface area (Å²) in [5, 5.41) is 7.26. The van der Waals surface area contributed by atoms with Crippen LogP contribution in [0.15, 0.2) is 41.4 Å². The van der Waals surface area contributed by atoms with E-state index in [9.17, 15) is 9.59 Å². The van der Waals surface area contributed by atoms with Crippen molar-refractivity contribution in [1.82, 2.24) is 9.55 Å². The monoisotopic (exact) mass is 389 g/mol. The van der Waals surface area contributed by atoms with E-state index in [0.29, 0.717) is 22.3 Å². The molecular formula is C18H19N3O3S2. The molecule has 0 bridgehead atoms. The van der Waals surface area contributed by atoms with Crippen LogP contribution in [0.2, 0.25) is 0 Å². The molecule has 0 spiro atoms. The molecule has 3 aromatic rings. The number of amides is 1. The van der Waals surface area contributed by atoms with Crippen molar-refractivity contribution in [3.63, 3.8) is 0 Å². The summed E-state index contributed by atoms with van der Waals surface area (Å²) < 4.78 is 7.02. The smallest absolute Gasteiger partial charge is 0.350 e. The first-order chi connectivity index (χ1) is 12.6. The number of carbonyl (C=O) groups is 2. The van der Waals surface area contributed by atoms with Gasteiger partial charge in [0.15, 0.2) is 5.13 Å². The van der Waals surface area contributed by atoms with Gasteiger partial charge < -0.3 is 14.6 Å². The van der Waals surface area contributed by atoms with Crippen molar-refractivity contribution in [1.29, 1.82) is 0 Å². The second-order valence-electron chi connectivity index (χ2n) is 5.61. The van der Waals surface area contributed by atoms with Gasteiger partial charge in [0.25, 0.3) is 0 Å². The molecule has 0 saturated heterocycles. The van der Waals surface area contributed by atoms with Crippen LogP contribution in [0.5, 0.6) is 0 Å². The Bertz CT molecular complexity index is 836. The third kappa shape index (κ3) is 4.20. The van der Waals surface area contributed by atoms with Crippen molar-refractivity contribution in [2.24, 2.45) is 0 Å². The van der Waals surface area contributed by atoms with E-state index in [-0.39, 0.29) is 18.4 Å². The molecule has 6 nitrogen and oxygen atoms in total. The number of rotatable bonds is 7. The standard InChI is InChI=1S/C18H19N3O3S2/c1-3-24-17(23)16-12(2)19-18(26-16)20-15(22)10-14(13-6-9-25-11-13)21-7-4-5-8-21/h4-9,11,14H,3,10H2,1-2H3,(H,19,20,22). The average molecular weight is 390 g/mol. The number of hydrogen-bond donors (Lipinski definition) is 1. The van der Waals surface area contributed by atoms with E-state index >= 15 is 0 Å². The van der Waals surface area contributed by atoms with Crippen LogP contribution in [0, 0.1) is 6.92 Å². The van der Waals surface area contributed by atoms with Gasteiger partial charge in [0.1, 0.15) is 4.88 Å². The van der Waals surface area contributed by atoms with Crippen LogP contribution in [0.1, 0.15) is 40.3 Å². The number of hydrogen-bond acceptors (Lipinski definition) is 6. The summed E-state index contributed by atoms with van der Waals surface area (Å²) in [5.74, 6) is -0.564. The van der Waals surface area contributed by atoms with Gasteiger partial charge in [-0.2, -0.15) is 11.3 Å². The second kappa shape index (κ2) is 8.29. The van der Waals surface area contributed by atoms with Crippen molar-refractivity contribution >= 4 is 39.7 Å². The predicted molar refractivity (Wildman–Crippen MR) is 103 cm³/mol. The minimum atomic E-state index is -0.411. The predicted octanol–water partition coefficient (Wildman–Crippen LogP) is 4.11. The molecule has 3 heterocycles. The van der Waals surface area contributed by atoms with Gasteiger partial charge >= 0.3 is 5.97 Å². The maximum atomic E-state index is 12.6. The van der Waals surface area contributed by atoms with E-state index in [1.165, 1.54) is 0 Å². The Hall–Kier alpha value is -2.45. The van der Waals surface area contributed by atoms with Crippen molar-refractivity contribution in [2.75, 3.05) is 11.9 Å². The van der Waals surface area contributed by atoms with Gasteiger partial charge in [0.05, 0.1) is 24.8 Å². The summed E-state index contributed by atoms with van der Waals surface area (Å²) in [6.07, 6.45) is 4.17. The normalized spacial score (nSPS) is 11.9. The highest BCUT2D eigenvalue weighted by Gasteiger charge is 2.21. The van der Waals surface area contributed by atoms with Gasteiger partial charge in [-0.15, -0.1) is 0 Å². The number of thiazole rings is 1. The van der Waals surface area contributed by atoms with Crippen LogP contribution in [-0.4, -0.2) is 28.0 Å². The van der Waals surface area contributed by atoms with E-state index in [1.807, 2.05) is 45.9 Å². The molecule has 0 aromatic carbocycles. The zero-order chi connectivity index (χ0) is 18.5. The first-order valence-electron chi connectivity index (χ1n) is 8.17. The molecule has 1 amide bonds. The molecule has 8 heteroatoms. The third-order valence-electron chi connectivity index (χ3n) is 3.80. The summed E-state index contributed by atoms with van der Waals surface area (Å²) in [4.78, 5) is 29.1. The number of nitrogens with zero attached hydrogens (tertiary/aromatic N) is 2. The third-order valence-corrected chi connectivity index (χ3v) is 5.55. The Labute approximate surface area is 159 Å². The molecule has 1 atom stereocenters. The first kappa shape index (κ1) is 18.3. The quantitative estimate of drug-likeness (QED) is 0.617. The zero-order valence-electron chi connectivity index (χ0n) is 14.5. The van der Waals surface area contributed by atoms with Crippen LogP contribution in [0.25, 0.3) is 0 Å². The molecule has 0 saturated carbocycles. The fourth-order valence-corrected chi connectivity index (χ4v) is 4.18.